The summed E-state index contributed by atoms with van der Waals surface area (Å²) in [6.45, 7) is 9.56. The van der Waals surface area contributed by atoms with Gasteiger partial charge in [-0.3, -0.25) is 0 Å². The molecule has 140 valence electrons. The third kappa shape index (κ3) is 13.3. The summed E-state index contributed by atoms with van der Waals surface area (Å²) in [6.07, 6.45) is 0.884. The average molecular weight is 358 g/mol. The van der Waals surface area contributed by atoms with Gasteiger partial charge in [0, 0.05) is 6.08 Å². The van der Waals surface area contributed by atoms with E-state index in [1.807, 2.05) is 0 Å². The Kier molecular flexibility index (Phi) is 13.1. The molecule has 0 fully saturated rings. The lowest BCUT2D eigenvalue weighted by Gasteiger charge is -2.17. The zero-order valence-electron chi connectivity index (χ0n) is 13.8. The van der Waals surface area contributed by atoms with Crippen LogP contribution in [0.3, 0.4) is 0 Å². The van der Waals surface area contributed by atoms with Crippen LogP contribution >= 0.6 is 0 Å². The minimum absolute atomic E-state index is 0.0132. The van der Waals surface area contributed by atoms with Gasteiger partial charge in [0.2, 0.25) is 0 Å². The molecule has 0 spiro atoms. The number of hydrogen-bond donors (Lipinski definition) is 0. The van der Waals surface area contributed by atoms with Gasteiger partial charge in [0.05, 0.1) is 13.2 Å². The third-order valence-electron chi connectivity index (χ3n) is 2.23. The van der Waals surface area contributed by atoms with Crippen molar-refractivity contribution in [2.45, 2.75) is 6.10 Å². The molecule has 0 aliphatic carbocycles. The van der Waals surface area contributed by atoms with Crippen LogP contribution < -0.4 is 0 Å². The molecular formula is C16H22O9. The van der Waals surface area contributed by atoms with Crippen molar-refractivity contribution in [1.29, 1.82) is 0 Å². The quantitative estimate of drug-likeness (QED) is 0.160. The summed E-state index contributed by atoms with van der Waals surface area (Å²) < 4.78 is 28.9. The van der Waals surface area contributed by atoms with Gasteiger partial charge >= 0.3 is 18.3 Å². The molecule has 0 aliphatic rings. The van der Waals surface area contributed by atoms with Gasteiger partial charge in [0.15, 0.2) is 6.10 Å². The second-order valence-corrected chi connectivity index (χ2v) is 4.20. The van der Waals surface area contributed by atoms with Gasteiger partial charge in [-0.05, 0) is 0 Å². The normalized spacial score (nSPS) is 10.7. The molecule has 0 rings (SSSR count). The number of ether oxygens (including phenoxy) is 6. The molecule has 0 heterocycles. The van der Waals surface area contributed by atoms with E-state index in [0.29, 0.717) is 0 Å². The molecule has 1 unspecified atom stereocenters. The maximum Gasteiger partial charge on any atom is 0.509 e. The summed E-state index contributed by atoms with van der Waals surface area (Å²) in [5, 5.41) is 0. The molecule has 0 saturated heterocycles. The predicted molar refractivity (Wildman–Crippen MR) is 85.9 cm³/mol. The Morgan fingerprint density at radius 1 is 0.800 bits per heavy atom. The van der Waals surface area contributed by atoms with Crippen LogP contribution in [0.5, 0.6) is 0 Å². The van der Waals surface area contributed by atoms with Crippen molar-refractivity contribution in [3.8, 4) is 0 Å². The van der Waals surface area contributed by atoms with Crippen LogP contribution in [0.1, 0.15) is 0 Å². The zero-order chi connectivity index (χ0) is 18.9. The number of carbonyl (C=O) groups is 3. The van der Waals surface area contributed by atoms with Gasteiger partial charge in [-0.25, -0.2) is 14.4 Å². The Balaban J connectivity index is 4.26. The first kappa shape index (κ1) is 22.2. The number of esters is 1. The standard InChI is InChI=1S/C16H22O9/c1-4-7-22-15(18)24-12-13(25-16(19)23-8-5-2)11-20-9-10-21-14(17)6-3/h4-6,13H,1-3,7-12H2. The van der Waals surface area contributed by atoms with Gasteiger partial charge in [-0.15, -0.1) is 0 Å². The molecule has 0 saturated carbocycles. The van der Waals surface area contributed by atoms with Crippen LogP contribution in [-0.4, -0.2) is 64.0 Å². The summed E-state index contributed by atoms with van der Waals surface area (Å²) in [6, 6.07) is 0. The second-order valence-electron chi connectivity index (χ2n) is 4.20. The van der Waals surface area contributed by atoms with E-state index in [1.165, 1.54) is 12.2 Å². The van der Waals surface area contributed by atoms with E-state index in [4.69, 9.17) is 18.9 Å². The largest absolute Gasteiger partial charge is 0.509 e. The lowest BCUT2D eigenvalue weighted by molar-refractivity contribution is -0.139. The van der Waals surface area contributed by atoms with Crippen molar-refractivity contribution in [1.82, 2.24) is 0 Å². The average Bonchev–Trinajstić information content (AvgIpc) is 2.61. The van der Waals surface area contributed by atoms with Gasteiger partial charge in [0.25, 0.3) is 0 Å². The van der Waals surface area contributed by atoms with Crippen LogP contribution in [0, 0.1) is 0 Å². The molecule has 0 aromatic heterocycles. The molecule has 0 bridgehead atoms. The lowest BCUT2D eigenvalue weighted by atomic mass is 10.4. The summed E-state index contributed by atoms with van der Waals surface area (Å²) in [4.78, 5) is 33.5. The fraction of sp³-hybridized carbons (Fsp3) is 0.438. The predicted octanol–water partition coefficient (Wildman–Crippen LogP) is 1.78. The molecule has 9 nitrogen and oxygen atoms in total. The van der Waals surface area contributed by atoms with Crippen LogP contribution in [0.15, 0.2) is 38.0 Å². The highest BCUT2D eigenvalue weighted by Gasteiger charge is 2.19. The minimum Gasteiger partial charge on any atom is -0.460 e. The van der Waals surface area contributed by atoms with Crippen molar-refractivity contribution in [2.75, 3.05) is 39.6 Å². The van der Waals surface area contributed by atoms with Crippen molar-refractivity contribution >= 4 is 18.3 Å². The molecular weight excluding hydrogens is 336 g/mol. The first-order valence-electron chi connectivity index (χ1n) is 7.25. The maximum absolute atomic E-state index is 11.4. The Bertz CT molecular complexity index is 459. The van der Waals surface area contributed by atoms with Crippen LogP contribution in [-0.2, 0) is 33.2 Å². The molecule has 0 amide bonds. The highest BCUT2D eigenvalue weighted by atomic mass is 16.8. The van der Waals surface area contributed by atoms with Gasteiger partial charge in [0.1, 0.15) is 26.4 Å². The summed E-state index contributed by atoms with van der Waals surface area (Å²) in [5.41, 5.74) is 0. The van der Waals surface area contributed by atoms with E-state index < -0.39 is 24.4 Å². The van der Waals surface area contributed by atoms with E-state index in [-0.39, 0.29) is 39.6 Å². The highest BCUT2D eigenvalue weighted by Crippen LogP contribution is 2.00. The molecule has 1 atom stereocenters. The topological polar surface area (TPSA) is 107 Å². The molecule has 0 aromatic rings. The SMILES string of the molecule is C=CCOC(=O)OCC(COCCOC(=O)C=C)OC(=O)OCC=C. The molecule has 0 aromatic carbocycles. The Labute approximate surface area is 145 Å². The van der Waals surface area contributed by atoms with E-state index in [1.54, 1.807) is 0 Å². The minimum atomic E-state index is -0.977. The molecule has 0 aliphatic heterocycles. The number of hydrogen-bond acceptors (Lipinski definition) is 9. The van der Waals surface area contributed by atoms with Gasteiger partial charge in [-0.1, -0.05) is 31.9 Å². The summed E-state index contributed by atoms with van der Waals surface area (Å²) in [5.74, 6) is -0.585. The first-order chi connectivity index (χ1) is 12.0. The lowest BCUT2D eigenvalue weighted by Crippen LogP contribution is -2.31. The van der Waals surface area contributed by atoms with Crippen LogP contribution in [0.4, 0.5) is 9.59 Å². The van der Waals surface area contributed by atoms with Crippen LogP contribution in [0.2, 0.25) is 0 Å². The van der Waals surface area contributed by atoms with E-state index in [9.17, 15) is 14.4 Å². The first-order valence-corrected chi connectivity index (χ1v) is 7.25. The third-order valence-corrected chi connectivity index (χ3v) is 2.23. The van der Waals surface area contributed by atoms with E-state index in [0.717, 1.165) is 6.08 Å². The van der Waals surface area contributed by atoms with Crippen LogP contribution in [0.25, 0.3) is 0 Å². The molecule has 0 N–H and O–H groups in total. The van der Waals surface area contributed by atoms with Crippen molar-refractivity contribution in [3.05, 3.63) is 38.0 Å². The van der Waals surface area contributed by atoms with E-state index >= 15 is 0 Å². The summed E-state index contributed by atoms with van der Waals surface area (Å²) >= 11 is 0. The Hall–Kier alpha value is -2.81. The van der Waals surface area contributed by atoms with E-state index in [2.05, 4.69) is 29.2 Å². The maximum atomic E-state index is 11.4. The van der Waals surface area contributed by atoms with Crippen molar-refractivity contribution < 1.29 is 42.8 Å². The monoisotopic (exact) mass is 358 g/mol. The van der Waals surface area contributed by atoms with Gasteiger partial charge < -0.3 is 28.4 Å². The zero-order valence-corrected chi connectivity index (χ0v) is 13.8. The second kappa shape index (κ2) is 14.8. The fourth-order valence-electron chi connectivity index (χ4n) is 1.22. The Morgan fingerprint density at radius 2 is 1.44 bits per heavy atom. The Morgan fingerprint density at radius 3 is 2.04 bits per heavy atom. The molecule has 9 heteroatoms. The number of carbonyl (C=O) groups excluding carboxylic acids is 3. The smallest absolute Gasteiger partial charge is 0.460 e. The van der Waals surface area contributed by atoms with Crippen molar-refractivity contribution in [2.24, 2.45) is 0 Å². The van der Waals surface area contributed by atoms with Gasteiger partial charge in [-0.2, -0.15) is 0 Å². The summed E-state index contributed by atoms with van der Waals surface area (Å²) in [7, 11) is 0. The molecule has 25 heavy (non-hydrogen) atoms. The van der Waals surface area contributed by atoms with Crippen molar-refractivity contribution in [3.63, 3.8) is 0 Å². The number of rotatable bonds is 13. The fourth-order valence-corrected chi connectivity index (χ4v) is 1.22. The molecule has 0 radical (unpaired) electrons. The highest BCUT2D eigenvalue weighted by molar-refractivity contribution is 5.81.